The van der Waals surface area contributed by atoms with Gasteiger partial charge in [0.05, 0.1) is 18.8 Å². The van der Waals surface area contributed by atoms with Gasteiger partial charge in [0.25, 0.3) is 0 Å². The lowest BCUT2D eigenvalue weighted by Crippen LogP contribution is -2.53. The molecule has 0 aromatic rings. The molecule has 0 radical (unpaired) electrons. The third-order valence-corrected chi connectivity index (χ3v) is 9.19. The Morgan fingerprint density at radius 1 is 0.543 bits per heavy atom. The molecule has 0 rings (SSSR count). The monoisotopic (exact) mass is 652 g/mol. The molecule has 4 atom stereocenters. The molecule has 4 unspecified atom stereocenters. The highest BCUT2D eigenvalue weighted by molar-refractivity contribution is 5.80. The third-order valence-electron chi connectivity index (χ3n) is 9.19. The highest BCUT2D eigenvalue weighted by Gasteiger charge is 2.28. The Hall–Kier alpha value is -1.21. The van der Waals surface area contributed by atoms with E-state index < -0.39 is 36.9 Å². The van der Waals surface area contributed by atoms with E-state index in [4.69, 9.17) is 0 Å². The molecule has 0 fully saturated rings. The van der Waals surface area contributed by atoms with E-state index in [9.17, 15) is 25.2 Å². The molecule has 0 aliphatic heterocycles. The lowest BCUT2D eigenvalue weighted by atomic mass is 9.99. The molecular weight excluding hydrogens is 574 g/mol. The Labute approximate surface area is 284 Å². The summed E-state index contributed by atoms with van der Waals surface area (Å²) < 4.78 is 0. The molecule has 0 aliphatic carbocycles. The van der Waals surface area contributed by atoms with Crippen LogP contribution in [0.4, 0.5) is 0 Å². The first-order valence-corrected chi connectivity index (χ1v) is 19.7. The van der Waals surface area contributed by atoms with Gasteiger partial charge in [0.1, 0.15) is 12.2 Å². The maximum atomic E-state index is 12.5. The predicted molar refractivity (Wildman–Crippen MR) is 196 cm³/mol. The van der Waals surface area contributed by atoms with Crippen molar-refractivity contribution in [1.29, 1.82) is 0 Å². The molecule has 0 aromatic heterocycles. The van der Waals surface area contributed by atoms with E-state index in [1.54, 1.807) is 0 Å². The van der Waals surface area contributed by atoms with E-state index in [2.05, 4.69) is 43.5 Å². The topological polar surface area (TPSA) is 110 Å². The second-order valence-electron chi connectivity index (χ2n) is 13.7. The normalized spacial score (nSPS) is 14.7. The van der Waals surface area contributed by atoms with Crippen molar-refractivity contribution in [3.05, 3.63) is 24.3 Å². The predicted octanol–water partition coefficient (Wildman–Crippen LogP) is 9.62. The number of aliphatic hydroxyl groups excluding tert-OH is 4. The summed E-state index contributed by atoms with van der Waals surface area (Å²) in [6, 6.07) is -0.984. The van der Waals surface area contributed by atoms with Crippen molar-refractivity contribution in [2.45, 2.75) is 218 Å². The number of carbonyl (C=O) groups is 1. The summed E-state index contributed by atoms with van der Waals surface area (Å²) in [5.74, 6) is -0.589. The molecule has 272 valence electrons. The van der Waals surface area contributed by atoms with E-state index in [1.807, 2.05) is 0 Å². The van der Waals surface area contributed by atoms with E-state index in [0.717, 1.165) is 44.9 Å². The standard InChI is InChI=1S/C40H77NO5/c1-3-5-7-9-11-13-15-17-18-19-20-21-22-24-26-28-30-32-34-38(44)40(46)41-36(35-42)39(45)37(43)33-31-29-27-25-23-16-14-12-10-8-6-4-2/h11,13,15,17,36-39,42-45H,3-10,12,14,16,18-35H2,1-2H3,(H,41,46)/b13-11-,17-15-. The summed E-state index contributed by atoms with van der Waals surface area (Å²) in [4.78, 5) is 12.5. The van der Waals surface area contributed by atoms with Gasteiger partial charge in [-0.15, -0.1) is 0 Å². The molecule has 0 aromatic carbocycles. The molecule has 0 bridgehead atoms. The number of amides is 1. The van der Waals surface area contributed by atoms with Crippen LogP contribution in [-0.4, -0.2) is 57.3 Å². The van der Waals surface area contributed by atoms with Crippen LogP contribution in [0.15, 0.2) is 24.3 Å². The lowest BCUT2D eigenvalue weighted by Gasteiger charge is -2.27. The van der Waals surface area contributed by atoms with Crippen molar-refractivity contribution in [2.75, 3.05) is 6.61 Å². The largest absolute Gasteiger partial charge is 0.394 e. The van der Waals surface area contributed by atoms with Crippen LogP contribution < -0.4 is 5.32 Å². The van der Waals surface area contributed by atoms with Crippen molar-refractivity contribution in [2.24, 2.45) is 0 Å². The van der Waals surface area contributed by atoms with Crippen molar-refractivity contribution in [3.8, 4) is 0 Å². The number of hydrogen-bond donors (Lipinski definition) is 5. The SMILES string of the molecule is CCCCC/C=C\C=C/CCCCCCCCCCCC(O)C(=O)NC(CO)C(O)C(O)CCCCCCCCCCCCCC. The fourth-order valence-electron chi connectivity index (χ4n) is 5.98. The van der Waals surface area contributed by atoms with Crippen LogP contribution in [0.3, 0.4) is 0 Å². The van der Waals surface area contributed by atoms with Crippen molar-refractivity contribution < 1.29 is 25.2 Å². The molecule has 0 heterocycles. The van der Waals surface area contributed by atoms with Gasteiger partial charge in [0.15, 0.2) is 0 Å². The Morgan fingerprint density at radius 2 is 0.913 bits per heavy atom. The minimum absolute atomic E-state index is 0.364. The smallest absolute Gasteiger partial charge is 0.249 e. The molecule has 0 saturated heterocycles. The number of allylic oxidation sites excluding steroid dienone is 4. The first-order chi connectivity index (χ1) is 22.5. The van der Waals surface area contributed by atoms with Crippen molar-refractivity contribution >= 4 is 5.91 Å². The molecule has 6 nitrogen and oxygen atoms in total. The van der Waals surface area contributed by atoms with Gasteiger partial charge in [0.2, 0.25) is 5.91 Å². The van der Waals surface area contributed by atoms with Gasteiger partial charge in [-0.2, -0.15) is 0 Å². The van der Waals surface area contributed by atoms with Crippen LogP contribution in [-0.2, 0) is 4.79 Å². The van der Waals surface area contributed by atoms with E-state index in [1.165, 1.54) is 122 Å². The summed E-state index contributed by atoms with van der Waals surface area (Å²) in [5, 5.41) is 43.5. The average molecular weight is 652 g/mol. The number of hydrogen-bond acceptors (Lipinski definition) is 5. The van der Waals surface area contributed by atoms with Crippen LogP contribution in [0.2, 0.25) is 0 Å². The van der Waals surface area contributed by atoms with Crippen LogP contribution in [0.5, 0.6) is 0 Å². The van der Waals surface area contributed by atoms with Crippen LogP contribution in [0.25, 0.3) is 0 Å². The Kier molecular flexibility index (Phi) is 34.2. The van der Waals surface area contributed by atoms with Gasteiger partial charge in [-0.1, -0.05) is 179 Å². The minimum Gasteiger partial charge on any atom is -0.394 e. The van der Waals surface area contributed by atoms with Crippen molar-refractivity contribution in [3.63, 3.8) is 0 Å². The van der Waals surface area contributed by atoms with Gasteiger partial charge in [-0.3, -0.25) is 4.79 Å². The Balaban J connectivity index is 3.79. The maximum absolute atomic E-state index is 12.5. The zero-order valence-corrected chi connectivity index (χ0v) is 30.3. The highest BCUT2D eigenvalue weighted by atomic mass is 16.3. The lowest BCUT2D eigenvalue weighted by molar-refractivity contribution is -0.132. The van der Waals surface area contributed by atoms with E-state index in [-0.39, 0.29) is 0 Å². The number of rotatable bonds is 35. The molecule has 1 amide bonds. The average Bonchev–Trinajstić information content (AvgIpc) is 3.06. The fourth-order valence-corrected chi connectivity index (χ4v) is 5.98. The van der Waals surface area contributed by atoms with Crippen LogP contribution in [0.1, 0.15) is 194 Å². The van der Waals surface area contributed by atoms with E-state index >= 15 is 0 Å². The van der Waals surface area contributed by atoms with Gasteiger partial charge in [0, 0.05) is 0 Å². The van der Waals surface area contributed by atoms with Crippen LogP contribution >= 0.6 is 0 Å². The summed E-state index contributed by atoms with van der Waals surface area (Å²) in [6.45, 7) is 4.00. The first-order valence-electron chi connectivity index (χ1n) is 19.7. The Bertz CT molecular complexity index is 697. The second kappa shape index (κ2) is 35.1. The summed E-state index contributed by atoms with van der Waals surface area (Å²) in [6.07, 6.45) is 37.6. The van der Waals surface area contributed by atoms with Gasteiger partial charge in [-0.05, 0) is 38.5 Å². The molecular formula is C40H77NO5. The zero-order valence-electron chi connectivity index (χ0n) is 30.3. The highest BCUT2D eigenvalue weighted by Crippen LogP contribution is 2.16. The summed E-state index contributed by atoms with van der Waals surface area (Å²) in [7, 11) is 0. The minimum atomic E-state index is -1.26. The third kappa shape index (κ3) is 29.0. The molecule has 0 spiro atoms. The van der Waals surface area contributed by atoms with Gasteiger partial charge < -0.3 is 25.7 Å². The van der Waals surface area contributed by atoms with Gasteiger partial charge >= 0.3 is 0 Å². The quantitative estimate of drug-likeness (QED) is 0.0346. The van der Waals surface area contributed by atoms with Gasteiger partial charge in [-0.25, -0.2) is 0 Å². The number of unbranched alkanes of at least 4 members (excludes halogenated alkanes) is 23. The van der Waals surface area contributed by atoms with Crippen LogP contribution in [0, 0.1) is 0 Å². The molecule has 0 saturated carbocycles. The first kappa shape index (κ1) is 44.8. The van der Waals surface area contributed by atoms with E-state index in [0.29, 0.717) is 12.8 Å². The molecule has 46 heavy (non-hydrogen) atoms. The molecule has 0 aliphatic rings. The number of nitrogens with one attached hydrogen (secondary N) is 1. The molecule has 5 N–H and O–H groups in total. The molecule has 6 heteroatoms. The zero-order chi connectivity index (χ0) is 33.9. The fraction of sp³-hybridized carbons (Fsp3) is 0.875. The maximum Gasteiger partial charge on any atom is 0.249 e. The van der Waals surface area contributed by atoms with Crippen molar-refractivity contribution in [1.82, 2.24) is 5.32 Å². The number of aliphatic hydroxyl groups is 4. The second-order valence-corrected chi connectivity index (χ2v) is 13.7. The number of carbonyl (C=O) groups excluding carboxylic acids is 1. The summed E-state index contributed by atoms with van der Waals surface area (Å²) in [5.41, 5.74) is 0. The summed E-state index contributed by atoms with van der Waals surface area (Å²) >= 11 is 0. The Morgan fingerprint density at radius 3 is 1.37 bits per heavy atom.